The zero-order valence-electron chi connectivity index (χ0n) is 15.2. The molecular formula is C20H17ClN2O4S. The Hall–Kier alpha value is -2.77. The van der Waals surface area contributed by atoms with E-state index in [0.717, 1.165) is 17.3 Å². The van der Waals surface area contributed by atoms with E-state index in [0.29, 0.717) is 27.0 Å². The monoisotopic (exact) mass is 416 g/mol. The molecule has 1 N–H and O–H groups in total. The van der Waals surface area contributed by atoms with Gasteiger partial charge in [0.1, 0.15) is 6.61 Å². The van der Waals surface area contributed by atoms with Crippen molar-refractivity contribution in [1.82, 2.24) is 5.32 Å². The van der Waals surface area contributed by atoms with Crippen LogP contribution in [0.25, 0.3) is 6.08 Å². The number of benzene rings is 2. The highest BCUT2D eigenvalue weighted by atomic mass is 35.5. The van der Waals surface area contributed by atoms with Crippen molar-refractivity contribution in [2.75, 3.05) is 7.11 Å². The number of amides is 2. The van der Waals surface area contributed by atoms with Crippen LogP contribution in [0.1, 0.15) is 18.1 Å². The second-order valence-corrected chi connectivity index (χ2v) is 7.21. The molecule has 3 rings (SSSR count). The molecule has 0 saturated carbocycles. The normalized spacial score (nSPS) is 14.8. The summed E-state index contributed by atoms with van der Waals surface area (Å²) in [5.41, 5.74) is 1.48. The number of nitrogens with one attached hydrogen (secondary N) is 1. The first-order valence-electron chi connectivity index (χ1n) is 8.31. The van der Waals surface area contributed by atoms with Crippen molar-refractivity contribution in [2.45, 2.75) is 13.5 Å². The maximum atomic E-state index is 12.1. The van der Waals surface area contributed by atoms with E-state index in [1.54, 1.807) is 31.4 Å². The Morgan fingerprint density at radius 1 is 1.25 bits per heavy atom. The molecule has 2 aromatic rings. The summed E-state index contributed by atoms with van der Waals surface area (Å²) >= 11 is 7.29. The van der Waals surface area contributed by atoms with Crippen molar-refractivity contribution in [3.63, 3.8) is 0 Å². The number of carbonyl (C=O) groups is 2. The van der Waals surface area contributed by atoms with Crippen molar-refractivity contribution >= 4 is 46.4 Å². The Balaban J connectivity index is 1.87. The summed E-state index contributed by atoms with van der Waals surface area (Å²) in [5, 5.41) is 3.38. The van der Waals surface area contributed by atoms with Gasteiger partial charge >= 0.3 is 0 Å². The minimum Gasteiger partial charge on any atom is -0.493 e. The number of aliphatic imine (C=N–C) groups is 1. The summed E-state index contributed by atoms with van der Waals surface area (Å²) in [4.78, 5) is 27.5. The maximum Gasteiger partial charge on any atom is 0.286 e. The van der Waals surface area contributed by atoms with Gasteiger partial charge in [0.05, 0.1) is 12.0 Å². The summed E-state index contributed by atoms with van der Waals surface area (Å²) in [6, 6.07) is 12.8. The van der Waals surface area contributed by atoms with Crippen molar-refractivity contribution in [3.8, 4) is 11.5 Å². The van der Waals surface area contributed by atoms with Crippen LogP contribution in [0.4, 0.5) is 0 Å². The smallest absolute Gasteiger partial charge is 0.286 e. The van der Waals surface area contributed by atoms with E-state index in [4.69, 9.17) is 21.1 Å². The van der Waals surface area contributed by atoms with Crippen LogP contribution in [0.2, 0.25) is 5.02 Å². The highest BCUT2D eigenvalue weighted by molar-refractivity contribution is 8.18. The molecule has 144 valence electrons. The second-order valence-electron chi connectivity index (χ2n) is 5.77. The van der Waals surface area contributed by atoms with Crippen LogP contribution in [-0.4, -0.2) is 24.1 Å². The number of methoxy groups -OCH3 is 1. The fourth-order valence-electron chi connectivity index (χ4n) is 2.48. The maximum absolute atomic E-state index is 12.1. The number of hydrogen-bond donors (Lipinski definition) is 1. The minimum absolute atomic E-state index is 0.241. The molecule has 0 saturated heterocycles. The number of rotatable bonds is 5. The molecule has 2 aromatic carbocycles. The molecule has 0 aliphatic carbocycles. The van der Waals surface area contributed by atoms with E-state index >= 15 is 0 Å². The van der Waals surface area contributed by atoms with Gasteiger partial charge in [-0.3, -0.25) is 9.59 Å². The lowest BCUT2D eigenvalue weighted by atomic mass is 10.1. The van der Waals surface area contributed by atoms with Crippen LogP contribution in [-0.2, 0) is 16.2 Å². The van der Waals surface area contributed by atoms with Crippen LogP contribution >= 0.6 is 23.4 Å². The lowest BCUT2D eigenvalue weighted by Crippen LogP contribution is -2.23. The Morgan fingerprint density at radius 3 is 2.75 bits per heavy atom. The highest BCUT2D eigenvalue weighted by Crippen LogP contribution is 2.36. The summed E-state index contributed by atoms with van der Waals surface area (Å²) < 4.78 is 11.4. The summed E-state index contributed by atoms with van der Waals surface area (Å²) in [6.07, 6.45) is 1.66. The molecule has 28 heavy (non-hydrogen) atoms. The number of hydrogen-bond acceptors (Lipinski definition) is 5. The molecule has 0 unspecified atom stereocenters. The number of carbonyl (C=O) groups excluding carboxylic acids is 2. The molecule has 0 radical (unpaired) electrons. The molecule has 0 fully saturated rings. The third kappa shape index (κ3) is 4.74. The fourth-order valence-corrected chi connectivity index (χ4v) is 3.52. The third-order valence-corrected chi connectivity index (χ3v) is 5.02. The van der Waals surface area contributed by atoms with E-state index < -0.39 is 5.91 Å². The van der Waals surface area contributed by atoms with Gasteiger partial charge in [-0.2, -0.15) is 4.99 Å². The molecule has 1 heterocycles. The molecule has 0 atom stereocenters. The Labute approximate surface area is 171 Å². The van der Waals surface area contributed by atoms with E-state index in [-0.39, 0.29) is 17.7 Å². The van der Waals surface area contributed by atoms with Crippen LogP contribution in [0.15, 0.2) is 52.4 Å². The Kier molecular flexibility index (Phi) is 6.38. The van der Waals surface area contributed by atoms with Crippen molar-refractivity contribution in [2.24, 2.45) is 4.99 Å². The van der Waals surface area contributed by atoms with Gasteiger partial charge < -0.3 is 14.8 Å². The molecule has 1 aliphatic rings. The van der Waals surface area contributed by atoms with Gasteiger partial charge in [0.25, 0.3) is 5.91 Å². The fraction of sp³-hybridized carbons (Fsp3) is 0.150. The predicted molar refractivity (Wildman–Crippen MR) is 111 cm³/mol. The zero-order valence-corrected chi connectivity index (χ0v) is 16.8. The average Bonchev–Trinajstić information content (AvgIpc) is 2.99. The van der Waals surface area contributed by atoms with E-state index in [2.05, 4.69) is 10.3 Å². The first kappa shape index (κ1) is 20.0. The first-order valence-corrected chi connectivity index (χ1v) is 9.50. The number of nitrogens with zero attached hydrogens (tertiary/aromatic N) is 1. The van der Waals surface area contributed by atoms with Crippen LogP contribution < -0.4 is 14.8 Å². The van der Waals surface area contributed by atoms with Gasteiger partial charge in [-0.15, -0.1) is 0 Å². The van der Waals surface area contributed by atoms with Crippen LogP contribution in [0, 0.1) is 0 Å². The van der Waals surface area contributed by atoms with Gasteiger partial charge in [0, 0.05) is 23.1 Å². The average molecular weight is 417 g/mol. The summed E-state index contributed by atoms with van der Waals surface area (Å²) in [7, 11) is 1.54. The zero-order chi connectivity index (χ0) is 20.1. The van der Waals surface area contributed by atoms with E-state index in [1.807, 2.05) is 24.3 Å². The van der Waals surface area contributed by atoms with Crippen molar-refractivity contribution < 1.29 is 19.1 Å². The standard InChI is InChI=1S/C20H17ClN2O4S/c1-12(24)22-20-23-19(25)17(28-20)10-13-7-5-9-16(26-2)18(13)27-11-14-6-3-4-8-15(14)21/h3-10H,11H2,1-2H3,(H,22,23,24,25)/b17-10-. The molecule has 6 nitrogen and oxygen atoms in total. The first-order chi connectivity index (χ1) is 13.5. The predicted octanol–water partition coefficient (Wildman–Crippen LogP) is 4.03. The van der Waals surface area contributed by atoms with Crippen molar-refractivity contribution in [3.05, 3.63) is 63.5 Å². The lowest BCUT2D eigenvalue weighted by molar-refractivity contribution is -0.117. The molecule has 1 aliphatic heterocycles. The largest absolute Gasteiger partial charge is 0.493 e. The van der Waals surface area contributed by atoms with Gasteiger partial charge in [-0.05, 0) is 30.0 Å². The number of ether oxygens (including phenoxy) is 2. The van der Waals surface area contributed by atoms with E-state index in [9.17, 15) is 9.59 Å². The quantitative estimate of drug-likeness (QED) is 0.744. The number of thioether (sulfide) groups is 1. The topological polar surface area (TPSA) is 77.0 Å². The lowest BCUT2D eigenvalue weighted by Gasteiger charge is -2.14. The highest BCUT2D eigenvalue weighted by Gasteiger charge is 2.23. The summed E-state index contributed by atoms with van der Waals surface area (Å²) in [6.45, 7) is 1.60. The molecule has 2 amide bonds. The SMILES string of the molecule is COc1cccc(/C=C2\SC(NC(C)=O)=NC2=O)c1OCc1ccccc1Cl. The molecule has 0 spiro atoms. The van der Waals surface area contributed by atoms with Gasteiger partial charge in [-0.1, -0.05) is 41.9 Å². The number of amidine groups is 1. The van der Waals surface area contributed by atoms with Crippen molar-refractivity contribution in [1.29, 1.82) is 0 Å². The molecule has 0 bridgehead atoms. The van der Waals surface area contributed by atoms with Gasteiger partial charge in [0.15, 0.2) is 16.7 Å². The number of halogens is 1. The molecular weight excluding hydrogens is 400 g/mol. The van der Waals surface area contributed by atoms with Crippen LogP contribution in [0.3, 0.4) is 0 Å². The third-order valence-electron chi connectivity index (χ3n) is 3.75. The van der Waals surface area contributed by atoms with Gasteiger partial charge in [0.2, 0.25) is 5.91 Å². The van der Waals surface area contributed by atoms with E-state index in [1.165, 1.54) is 6.92 Å². The van der Waals surface area contributed by atoms with Crippen LogP contribution in [0.5, 0.6) is 11.5 Å². The Morgan fingerprint density at radius 2 is 2.04 bits per heavy atom. The Bertz CT molecular complexity index is 988. The minimum atomic E-state index is -0.423. The summed E-state index contributed by atoms with van der Waals surface area (Å²) in [5.74, 6) is 0.303. The molecule has 8 heteroatoms. The van der Waals surface area contributed by atoms with Gasteiger partial charge in [-0.25, -0.2) is 0 Å². The number of para-hydroxylation sites is 1. The molecule has 0 aromatic heterocycles. The second kappa shape index (κ2) is 8.95.